The van der Waals surface area contributed by atoms with E-state index in [0.717, 1.165) is 44.8 Å². The summed E-state index contributed by atoms with van der Waals surface area (Å²) in [6.07, 6.45) is 0.909. The van der Waals surface area contributed by atoms with E-state index >= 15 is 0 Å². The molecule has 1 amide bonds. The number of aromatic amines is 1. The summed E-state index contributed by atoms with van der Waals surface area (Å²) in [6, 6.07) is 7.27. The summed E-state index contributed by atoms with van der Waals surface area (Å²) in [7, 11) is 0. The molecule has 0 aliphatic carbocycles. The predicted octanol–water partition coefficient (Wildman–Crippen LogP) is 2.10. The number of rotatable bonds is 7. The van der Waals surface area contributed by atoms with Crippen molar-refractivity contribution >= 4 is 29.7 Å². The van der Waals surface area contributed by atoms with Gasteiger partial charge in [-0.3, -0.25) is 19.4 Å². The topological polar surface area (TPSA) is 75.2 Å². The van der Waals surface area contributed by atoms with Crippen molar-refractivity contribution in [3.05, 3.63) is 34.1 Å². The number of amides is 1. The molecule has 1 aromatic carbocycles. The van der Waals surface area contributed by atoms with Crippen molar-refractivity contribution in [2.75, 3.05) is 39.4 Å². The summed E-state index contributed by atoms with van der Waals surface area (Å²) in [5.74, 6) is 0.537. The average Bonchev–Trinajstić information content (AvgIpc) is 3.01. The molecule has 0 atom stereocenters. The van der Waals surface area contributed by atoms with E-state index in [9.17, 15) is 4.79 Å². The van der Waals surface area contributed by atoms with Crippen LogP contribution in [0.1, 0.15) is 6.42 Å². The molecule has 1 aliphatic rings. The predicted molar refractivity (Wildman–Crippen MR) is 103 cm³/mol. The lowest BCUT2D eigenvalue weighted by Gasteiger charge is -2.26. The van der Waals surface area contributed by atoms with Gasteiger partial charge in [-0.1, -0.05) is 11.6 Å². The van der Waals surface area contributed by atoms with Gasteiger partial charge in [0.1, 0.15) is 6.54 Å². The fourth-order valence-corrected chi connectivity index (χ4v) is 3.16. The van der Waals surface area contributed by atoms with Crippen molar-refractivity contribution in [3.8, 4) is 11.4 Å². The quantitative estimate of drug-likeness (QED) is 0.554. The third kappa shape index (κ3) is 5.14. The van der Waals surface area contributed by atoms with Crippen molar-refractivity contribution in [3.63, 3.8) is 0 Å². The SMILES string of the molecule is O=C(Cn1c(-c2ccc(Cl)cc2)n[nH]c1=S)NCCCN1CCOCC1. The minimum atomic E-state index is -0.0836. The summed E-state index contributed by atoms with van der Waals surface area (Å²) in [6.45, 7) is 5.23. The molecule has 9 heteroatoms. The molecule has 0 bridgehead atoms. The third-order valence-corrected chi connectivity index (χ3v) is 4.80. The Morgan fingerprint density at radius 2 is 2.04 bits per heavy atom. The summed E-state index contributed by atoms with van der Waals surface area (Å²) < 4.78 is 7.43. The van der Waals surface area contributed by atoms with Gasteiger partial charge in [0.15, 0.2) is 10.6 Å². The highest BCUT2D eigenvalue weighted by Gasteiger charge is 2.13. The van der Waals surface area contributed by atoms with Gasteiger partial charge in [0.05, 0.1) is 13.2 Å². The van der Waals surface area contributed by atoms with Gasteiger partial charge < -0.3 is 10.1 Å². The van der Waals surface area contributed by atoms with Gasteiger partial charge in [-0.25, -0.2) is 0 Å². The number of H-pyrrole nitrogens is 1. The number of hydrogen-bond donors (Lipinski definition) is 2. The van der Waals surface area contributed by atoms with Crippen LogP contribution in [-0.2, 0) is 16.1 Å². The number of halogens is 1. The molecule has 26 heavy (non-hydrogen) atoms. The normalized spacial score (nSPS) is 15.1. The first-order valence-corrected chi connectivity index (χ1v) is 9.40. The number of benzene rings is 1. The number of carbonyl (C=O) groups excluding carboxylic acids is 1. The smallest absolute Gasteiger partial charge is 0.240 e. The highest BCUT2D eigenvalue weighted by atomic mass is 35.5. The molecule has 0 saturated carbocycles. The fraction of sp³-hybridized carbons (Fsp3) is 0.471. The van der Waals surface area contributed by atoms with Crippen LogP contribution in [0, 0.1) is 4.77 Å². The molecule has 0 radical (unpaired) electrons. The fourth-order valence-electron chi connectivity index (χ4n) is 2.84. The number of hydrogen-bond acceptors (Lipinski definition) is 5. The molecule has 2 heterocycles. The van der Waals surface area contributed by atoms with E-state index < -0.39 is 0 Å². The van der Waals surface area contributed by atoms with Crippen LogP contribution in [0.25, 0.3) is 11.4 Å². The van der Waals surface area contributed by atoms with Crippen molar-refractivity contribution < 1.29 is 9.53 Å². The van der Waals surface area contributed by atoms with E-state index in [1.807, 2.05) is 12.1 Å². The summed E-state index contributed by atoms with van der Waals surface area (Å²) in [4.78, 5) is 14.6. The first-order valence-electron chi connectivity index (χ1n) is 8.61. The Hall–Kier alpha value is -1.74. The van der Waals surface area contributed by atoms with E-state index in [-0.39, 0.29) is 12.5 Å². The molecular weight excluding hydrogens is 374 g/mol. The summed E-state index contributed by atoms with van der Waals surface area (Å²) in [5.41, 5.74) is 0.849. The van der Waals surface area contributed by atoms with E-state index in [1.165, 1.54) is 0 Å². The maximum atomic E-state index is 12.3. The zero-order chi connectivity index (χ0) is 18.4. The molecular formula is C17H22ClN5O2S. The Labute approximate surface area is 162 Å². The first kappa shape index (κ1) is 19.0. The standard InChI is InChI=1S/C17H22ClN5O2S/c18-14-4-2-13(3-5-14)16-20-21-17(26)23(16)12-15(24)19-6-1-7-22-8-10-25-11-9-22/h2-5H,1,6-12H2,(H,19,24)(H,21,26). The molecule has 1 fully saturated rings. The Morgan fingerprint density at radius 1 is 1.31 bits per heavy atom. The number of aromatic nitrogens is 3. The van der Waals surface area contributed by atoms with Gasteiger partial charge in [-0.15, -0.1) is 0 Å². The molecule has 140 valence electrons. The van der Waals surface area contributed by atoms with Gasteiger partial charge in [0.2, 0.25) is 5.91 Å². The molecule has 2 aromatic rings. The van der Waals surface area contributed by atoms with Crippen LogP contribution in [0.2, 0.25) is 5.02 Å². The largest absolute Gasteiger partial charge is 0.379 e. The van der Waals surface area contributed by atoms with E-state index in [0.29, 0.717) is 22.2 Å². The third-order valence-electron chi connectivity index (χ3n) is 4.24. The highest BCUT2D eigenvalue weighted by molar-refractivity contribution is 7.71. The lowest BCUT2D eigenvalue weighted by Crippen LogP contribution is -2.38. The monoisotopic (exact) mass is 395 g/mol. The van der Waals surface area contributed by atoms with Crippen LogP contribution >= 0.6 is 23.8 Å². The van der Waals surface area contributed by atoms with Crippen molar-refractivity contribution in [2.24, 2.45) is 0 Å². The molecule has 7 nitrogen and oxygen atoms in total. The van der Waals surface area contributed by atoms with Crippen molar-refractivity contribution in [2.45, 2.75) is 13.0 Å². The van der Waals surface area contributed by atoms with Gasteiger partial charge in [-0.05, 0) is 49.4 Å². The Morgan fingerprint density at radius 3 is 2.77 bits per heavy atom. The number of ether oxygens (including phenoxy) is 1. The number of nitrogens with zero attached hydrogens (tertiary/aromatic N) is 3. The van der Waals surface area contributed by atoms with Crippen LogP contribution in [0.15, 0.2) is 24.3 Å². The lowest BCUT2D eigenvalue weighted by molar-refractivity contribution is -0.121. The molecule has 0 unspecified atom stereocenters. The summed E-state index contributed by atoms with van der Waals surface area (Å²) >= 11 is 11.2. The van der Waals surface area contributed by atoms with Crippen molar-refractivity contribution in [1.82, 2.24) is 25.0 Å². The van der Waals surface area contributed by atoms with Crippen LogP contribution in [0.4, 0.5) is 0 Å². The van der Waals surface area contributed by atoms with Gasteiger partial charge in [0.25, 0.3) is 0 Å². The number of morpholine rings is 1. The van der Waals surface area contributed by atoms with Crippen molar-refractivity contribution in [1.29, 1.82) is 0 Å². The molecule has 0 spiro atoms. The average molecular weight is 396 g/mol. The second-order valence-corrected chi connectivity index (χ2v) is 6.93. The molecule has 1 aliphatic heterocycles. The van der Waals surface area contributed by atoms with Gasteiger partial charge in [-0.2, -0.15) is 5.10 Å². The lowest BCUT2D eigenvalue weighted by atomic mass is 10.2. The van der Waals surface area contributed by atoms with E-state index in [1.54, 1.807) is 16.7 Å². The van der Waals surface area contributed by atoms with Crippen LogP contribution in [-0.4, -0.2) is 65.0 Å². The zero-order valence-corrected chi connectivity index (χ0v) is 16.0. The maximum absolute atomic E-state index is 12.3. The van der Waals surface area contributed by atoms with Gasteiger partial charge >= 0.3 is 0 Å². The number of carbonyl (C=O) groups is 1. The molecule has 1 aromatic heterocycles. The Bertz CT molecular complexity index is 783. The zero-order valence-electron chi connectivity index (χ0n) is 14.4. The van der Waals surface area contributed by atoms with Crippen LogP contribution < -0.4 is 5.32 Å². The number of nitrogens with one attached hydrogen (secondary N) is 2. The van der Waals surface area contributed by atoms with E-state index in [4.69, 9.17) is 28.6 Å². The second-order valence-electron chi connectivity index (χ2n) is 6.10. The van der Waals surface area contributed by atoms with E-state index in [2.05, 4.69) is 20.4 Å². The summed E-state index contributed by atoms with van der Waals surface area (Å²) in [5, 5.41) is 10.6. The van der Waals surface area contributed by atoms with Gasteiger partial charge in [0, 0.05) is 30.2 Å². The maximum Gasteiger partial charge on any atom is 0.240 e. The Balaban J connectivity index is 1.52. The molecule has 1 saturated heterocycles. The second kappa shape index (κ2) is 9.27. The molecule has 2 N–H and O–H groups in total. The molecule has 3 rings (SSSR count). The van der Waals surface area contributed by atoms with Crippen LogP contribution in [0.5, 0.6) is 0 Å². The minimum Gasteiger partial charge on any atom is -0.379 e. The first-order chi connectivity index (χ1) is 12.6. The Kier molecular flexibility index (Phi) is 6.79. The minimum absolute atomic E-state index is 0.0836. The highest BCUT2D eigenvalue weighted by Crippen LogP contribution is 2.19. The van der Waals surface area contributed by atoms with Crippen LogP contribution in [0.3, 0.4) is 0 Å².